The number of aromatic nitrogens is 2. The lowest BCUT2D eigenvalue weighted by Crippen LogP contribution is -2.20. The zero-order valence-electron chi connectivity index (χ0n) is 9.56. The summed E-state index contributed by atoms with van der Waals surface area (Å²) in [5.74, 6) is 1.41. The zero-order valence-corrected chi connectivity index (χ0v) is 10.4. The average Bonchev–Trinajstić information content (AvgIpc) is 2.72. The van der Waals surface area contributed by atoms with Crippen molar-refractivity contribution < 1.29 is 9.32 Å². The van der Waals surface area contributed by atoms with Crippen molar-refractivity contribution in [1.82, 2.24) is 15.1 Å². The lowest BCUT2D eigenvalue weighted by atomic mass is 10.3. The number of aliphatic hydroxyl groups is 1. The van der Waals surface area contributed by atoms with Gasteiger partial charge in [0.2, 0.25) is 0 Å². The van der Waals surface area contributed by atoms with Crippen molar-refractivity contribution in [2.45, 2.75) is 20.0 Å². The van der Waals surface area contributed by atoms with Gasteiger partial charge in [-0.2, -0.15) is 5.10 Å². The first-order chi connectivity index (χ1) is 7.76. The maximum absolute atomic E-state index is 11.1. The van der Waals surface area contributed by atoms with Crippen LogP contribution in [0.1, 0.15) is 12.5 Å². The van der Waals surface area contributed by atoms with E-state index in [0.717, 1.165) is 24.4 Å². The third kappa shape index (κ3) is 4.87. The molecule has 0 aliphatic rings. The van der Waals surface area contributed by atoms with Crippen molar-refractivity contribution in [3.63, 3.8) is 0 Å². The van der Waals surface area contributed by atoms with Crippen molar-refractivity contribution in [1.29, 1.82) is 0 Å². The Bertz CT molecular complexity index is 328. The van der Waals surface area contributed by atoms with E-state index in [9.17, 15) is 4.21 Å². The standard InChI is InChI=1S/C10H19N3O2S/c1-2-16(15)6-3-11-7-10-8-12-13(9-10)4-5-14/h8-9,11,14H,2-7H2,1H3. The Balaban J connectivity index is 2.19. The fourth-order valence-electron chi connectivity index (χ4n) is 1.29. The van der Waals surface area contributed by atoms with Gasteiger partial charge in [-0.25, -0.2) is 0 Å². The van der Waals surface area contributed by atoms with E-state index in [0.29, 0.717) is 12.3 Å². The van der Waals surface area contributed by atoms with E-state index in [2.05, 4.69) is 10.4 Å². The number of rotatable bonds is 8. The van der Waals surface area contributed by atoms with Crippen molar-refractivity contribution in [2.75, 3.05) is 24.7 Å². The predicted octanol–water partition coefficient (Wildman–Crippen LogP) is -0.266. The van der Waals surface area contributed by atoms with Gasteiger partial charge in [0.15, 0.2) is 0 Å². The van der Waals surface area contributed by atoms with Crippen LogP contribution >= 0.6 is 0 Å². The zero-order chi connectivity index (χ0) is 11.8. The Morgan fingerprint density at radius 3 is 3.12 bits per heavy atom. The second-order valence-electron chi connectivity index (χ2n) is 3.44. The molecule has 92 valence electrons. The summed E-state index contributed by atoms with van der Waals surface area (Å²) < 4.78 is 12.8. The summed E-state index contributed by atoms with van der Waals surface area (Å²) >= 11 is 0. The van der Waals surface area contributed by atoms with Crippen LogP contribution in [0.5, 0.6) is 0 Å². The normalized spacial score (nSPS) is 12.9. The molecule has 1 aromatic rings. The maximum Gasteiger partial charge on any atom is 0.0640 e. The van der Waals surface area contributed by atoms with Gasteiger partial charge in [0, 0.05) is 47.2 Å². The largest absolute Gasteiger partial charge is 0.394 e. The molecular weight excluding hydrogens is 226 g/mol. The van der Waals surface area contributed by atoms with Gasteiger partial charge in [0.25, 0.3) is 0 Å². The minimum absolute atomic E-state index is 0.101. The molecule has 6 heteroatoms. The first kappa shape index (κ1) is 13.3. The Hall–Kier alpha value is -0.720. The fourth-order valence-corrected chi connectivity index (χ4v) is 1.95. The molecule has 0 amide bonds. The molecular formula is C10H19N3O2S. The minimum atomic E-state index is -0.699. The number of nitrogens with one attached hydrogen (secondary N) is 1. The summed E-state index contributed by atoms with van der Waals surface area (Å²) in [4.78, 5) is 0. The molecule has 0 aromatic carbocycles. The molecule has 1 aromatic heterocycles. The Morgan fingerprint density at radius 2 is 2.44 bits per heavy atom. The molecule has 16 heavy (non-hydrogen) atoms. The molecule has 0 fully saturated rings. The summed E-state index contributed by atoms with van der Waals surface area (Å²) in [6, 6.07) is 0. The van der Waals surface area contributed by atoms with E-state index in [1.54, 1.807) is 10.9 Å². The van der Waals surface area contributed by atoms with Crippen LogP contribution in [0.25, 0.3) is 0 Å². The van der Waals surface area contributed by atoms with Crippen LogP contribution in [0.15, 0.2) is 12.4 Å². The van der Waals surface area contributed by atoms with Crippen molar-refractivity contribution >= 4 is 10.8 Å². The van der Waals surface area contributed by atoms with E-state index >= 15 is 0 Å². The van der Waals surface area contributed by atoms with E-state index in [1.807, 2.05) is 13.1 Å². The highest BCUT2D eigenvalue weighted by atomic mass is 32.2. The monoisotopic (exact) mass is 245 g/mol. The molecule has 0 bridgehead atoms. The van der Waals surface area contributed by atoms with E-state index in [1.165, 1.54) is 0 Å². The van der Waals surface area contributed by atoms with Gasteiger partial charge in [-0.3, -0.25) is 8.89 Å². The molecule has 1 rings (SSSR count). The third-order valence-corrected chi connectivity index (χ3v) is 3.48. The van der Waals surface area contributed by atoms with Gasteiger partial charge in [-0.05, 0) is 0 Å². The highest BCUT2D eigenvalue weighted by Crippen LogP contribution is 1.96. The quantitative estimate of drug-likeness (QED) is 0.619. The van der Waals surface area contributed by atoms with Gasteiger partial charge >= 0.3 is 0 Å². The summed E-state index contributed by atoms with van der Waals surface area (Å²) in [6.07, 6.45) is 3.68. The second kappa shape index (κ2) is 7.54. The predicted molar refractivity (Wildman–Crippen MR) is 64.6 cm³/mol. The number of hydrogen-bond donors (Lipinski definition) is 2. The maximum atomic E-state index is 11.1. The lowest BCUT2D eigenvalue weighted by molar-refractivity contribution is 0.269. The minimum Gasteiger partial charge on any atom is -0.394 e. The average molecular weight is 245 g/mol. The first-order valence-corrected chi connectivity index (χ1v) is 6.93. The van der Waals surface area contributed by atoms with Gasteiger partial charge < -0.3 is 10.4 Å². The second-order valence-corrected chi connectivity index (χ2v) is 5.31. The van der Waals surface area contributed by atoms with E-state index in [4.69, 9.17) is 5.11 Å². The summed E-state index contributed by atoms with van der Waals surface area (Å²) in [6.45, 7) is 4.04. The highest BCUT2D eigenvalue weighted by molar-refractivity contribution is 7.84. The summed E-state index contributed by atoms with van der Waals surface area (Å²) in [5, 5.41) is 16.0. The Morgan fingerprint density at radius 1 is 1.62 bits per heavy atom. The Labute approximate surface area is 98.3 Å². The van der Waals surface area contributed by atoms with Crippen LogP contribution in [-0.4, -0.2) is 43.8 Å². The molecule has 2 N–H and O–H groups in total. The molecule has 5 nitrogen and oxygen atoms in total. The van der Waals surface area contributed by atoms with Gasteiger partial charge in [-0.1, -0.05) is 6.92 Å². The van der Waals surface area contributed by atoms with Gasteiger partial charge in [0.1, 0.15) is 0 Å². The SMILES string of the molecule is CCS(=O)CCNCc1cnn(CCO)c1. The molecule has 1 unspecified atom stereocenters. The van der Waals surface area contributed by atoms with Crippen LogP contribution in [0.2, 0.25) is 0 Å². The topological polar surface area (TPSA) is 67.2 Å². The fraction of sp³-hybridized carbons (Fsp3) is 0.700. The molecule has 0 radical (unpaired) electrons. The highest BCUT2D eigenvalue weighted by Gasteiger charge is 1.99. The summed E-state index contributed by atoms with van der Waals surface area (Å²) in [5.41, 5.74) is 1.08. The van der Waals surface area contributed by atoms with Crippen molar-refractivity contribution in [3.05, 3.63) is 18.0 Å². The number of aliphatic hydroxyl groups excluding tert-OH is 1. The third-order valence-electron chi connectivity index (χ3n) is 2.17. The number of nitrogens with zero attached hydrogens (tertiary/aromatic N) is 2. The number of hydrogen-bond acceptors (Lipinski definition) is 4. The van der Waals surface area contributed by atoms with Crippen molar-refractivity contribution in [2.24, 2.45) is 0 Å². The van der Waals surface area contributed by atoms with Crippen LogP contribution in [0, 0.1) is 0 Å². The van der Waals surface area contributed by atoms with Crippen molar-refractivity contribution in [3.8, 4) is 0 Å². The summed E-state index contributed by atoms with van der Waals surface area (Å²) in [7, 11) is -0.699. The molecule has 0 aliphatic heterocycles. The van der Waals surface area contributed by atoms with Crippen LogP contribution < -0.4 is 5.32 Å². The lowest BCUT2D eigenvalue weighted by Gasteiger charge is -2.01. The van der Waals surface area contributed by atoms with Gasteiger partial charge in [-0.15, -0.1) is 0 Å². The van der Waals surface area contributed by atoms with Crippen LogP contribution in [0.3, 0.4) is 0 Å². The smallest absolute Gasteiger partial charge is 0.0640 e. The Kier molecular flexibility index (Phi) is 6.29. The van der Waals surface area contributed by atoms with Gasteiger partial charge in [0.05, 0.1) is 19.3 Å². The molecule has 0 spiro atoms. The van der Waals surface area contributed by atoms with E-state index in [-0.39, 0.29) is 6.61 Å². The molecule has 0 saturated heterocycles. The van der Waals surface area contributed by atoms with E-state index < -0.39 is 10.8 Å². The molecule has 1 heterocycles. The first-order valence-electron chi connectivity index (χ1n) is 5.44. The van der Waals surface area contributed by atoms with Crippen LogP contribution in [0.4, 0.5) is 0 Å². The molecule has 0 saturated carbocycles. The molecule has 0 aliphatic carbocycles. The van der Waals surface area contributed by atoms with Crippen LogP contribution in [-0.2, 0) is 23.9 Å². The molecule has 1 atom stereocenters.